The fourth-order valence-electron chi connectivity index (χ4n) is 2.81. The molecule has 7 heteroatoms. The second-order valence-electron chi connectivity index (χ2n) is 6.34. The first-order chi connectivity index (χ1) is 12.7. The number of nitrogens with one attached hydrogen (secondary N) is 1. The maximum Gasteiger partial charge on any atom is 0.255 e. The predicted molar refractivity (Wildman–Crippen MR) is 103 cm³/mol. The number of rotatable bonds is 6. The molecule has 4 rings (SSSR count). The van der Waals surface area contributed by atoms with Crippen molar-refractivity contribution in [2.24, 2.45) is 0 Å². The van der Waals surface area contributed by atoms with Crippen LogP contribution in [0.5, 0.6) is 0 Å². The largest absolute Gasteiger partial charge is 0.322 e. The number of hydrogen-bond donors (Lipinski definition) is 1. The average molecular weight is 365 g/mol. The molecule has 3 aromatic rings. The summed E-state index contributed by atoms with van der Waals surface area (Å²) in [4.78, 5) is 12.5. The summed E-state index contributed by atoms with van der Waals surface area (Å²) in [6, 6.07) is 15.7. The topological polar surface area (TPSA) is 72.7 Å². The minimum Gasteiger partial charge on any atom is -0.322 e. The van der Waals surface area contributed by atoms with Gasteiger partial charge in [0, 0.05) is 22.6 Å². The number of benzene rings is 2. The van der Waals surface area contributed by atoms with Crippen molar-refractivity contribution >= 4 is 23.4 Å². The van der Waals surface area contributed by atoms with Crippen LogP contribution in [-0.4, -0.2) is 32.4 Å². The Morgan fingerprint density at radius 3 is 2.77 bits per heavy atom. The predicted octanol–water partition coefficient (Wildman–Crippen LogP) is 3.79. The summed E-state index contributed by atoms with van der Waals surface area (Å²) in [7, 11) is 0. The van der Waals surface area contributed by atoms with Gasteiger partial charge in [-0.3, -0.25) is 4.79 Å². The Morgan fingerprint density at radius 1 is 1.23 bits per heavy atom. The molecule has 0 aliphatic heterocycles. The van der Waals surface area contributed by atoms with Gasteiger partial charge in [-0.15, -0.1) is 5.10 Å². The molecule has 0 spiro atoms. The molecule has 0 unspecified atom stereocenters. The second kappa shape index (κ2) is 7.29. The SMILES string of the molecule is CSCc1ccc(C(=O)Nc2cccc(-c3nnnn3C3CC3)c2)cc1. The van der Waals surface area contributed by atoms with Crippen LogP contribution in [0.4, 0.5) is 5.69 Å². The van der Waals surface area contributed by atoms with Crippen molar-refractivity contribution in [1.29, 1.82) is 0 Å². The Hall–Kier alpha value is -2.67. The average Bonchev–Trinajstić information content (AvgIpc) is 3.39. The minimum atomic E-state index is -0.125. The number of amides is 1. The van der Waals surface area contributed by atoms with Crippen molar-refractivity contribution < 1.29 is 4.79 Å². The lowest BCUT2D eigenvalue weighted by atomic mass is 10.1. The summed E-state index contributed by atoms with van der Waals surface area (Å²) < 4.78 is 1.87. The first kappa shape index (κ1) is 16.8. The van der Waals surface area contributed by atoms with Gasteiger partial charge in [-0.1, -0.05) is 24.3 Å². The molecule has 6 nitrogen and oxygen atoms in total. The number of tetrazole rings is 1. The van der Waals surface area contributed by atoms with Crippen LogP contribution >= 0.6 is 11.8 Å². The molecule has 0 atom stereocenters. The van der Waals surface area contributed by atoms with Crippen LogP contribution in [0.3, 0.4) is 0 Å². The van der Waals surface area contributed by atoms with Crippen LogP contribution in [0.1, 0.15) is 34.8 Å². The summed E-state index contributed by atoms with van der Waals surface area (Å²) in [5, 5.41) is 15.0. The van der Waals surface area contributed by atoms with Crippen molar-refractivity contribution in [3.63, 3.8) is 0 Å². The molecule has 26 heavy (non-hydrogen) atoms. The van der Waals surface area contributed by atoms with E-state index in [1.54, 1.807) is 11.8 Å². The van der Waals surface area contributed by atoms with Crippen LogP contribution < -0.4 is 5.32 Å². The zero-order valence-corrected chi connectivity index (χ0v) is 15.2. The number of carbonyl (C=O) groups is 1. The van der Waals surface area contributed by atoms with Crippen LogP contribution in [0.25, 0.3) is 11.4 Å². The maximum atomic E-state index is 12.5. The van der Waals surface area contributed by atoms with Crippen LogP contribution in [-0.2, 0) is 5.75 Å². The molecule has 0 bridgehead atoms. The Balaban J connectivity index is 1.51. The molecular formula is C19H19N5OS. The minimum absolute atomic E-state index is 0.125. The van der Waals surface area contributed by atoms with Gasteiger partial charge in [0.15, 0.2) is 5.82 Å². The lowest BCUT2D eigenvalue weighted by Crippen LogP contribution is -2.12. The van der Waals surface area contributed by atoms with E-state index in [2.05, 4.69) is 27.1 Å². The van der Waals surface area contributed by atoms with Crippen LogP contribution in [0.2, 0.25) is 0 Å². The number of thioether (sulfide) groups is 1. The molecule has 0 radical (unpaired) electrons. The Labute approximate surface area is 156 Å². The van der Waals surface area contributed by atoms with Gasteiger partial charge in [0.1, 0.15) is 0 Å². The first-order valence-corrected chi connectivity index (χ1v) is 9.91. The van der Waals surface area contributed by atoms with Gasteiger partial charge in [-0.05, 0) is 59.4 Å². The molecule has 1 fully saturated rings. The van der Waals surface area contributed by atoms with Gasteiger partial charge in [0.25, 0.3) is 5.91 Å². The third-order valence-corrected chi connectivity index (χ3v) is 4.91. The third kappa shape index (κ3) is 3.62. The first-order valence-electron chi connectivity index (χ1n) is 8.52. The van der Waals surface area contributed by atoms with E-state index in [9.17, 15) is 4.79 Å². The van der Waals surface area contributed by atoms with Crippen LogP contribution in [0.15, 0.2) is 48.5 Å². The fourth-order valence-corrected chi connectivity index (χ4v) is 3.33. The van der Waals surface area contributed by atoms with E-state index in [1.807, 2.05) is 53.2 Å². The van der Waals surface area contributed by atoms with Crippen LogP contribution in [0, 0.1) is 0 Å². The molecule has 132 valence electrons. The Kier molecular flexibility index (Phi) is 4.71. The summed E-state index contributed by atoms with van der Waals surface area (Å²) >= 11 is 1.76. The highest BCUT2D eigenvalue weighted by molar-refractivity contribution is 7.97. The lowest BCUT2D eigenvalue weighted by Gasteiger charge is -2.08. The van der Waals surface area contributed by atoms with E-state index in [0.29, 0.717) is 11.6 Å². The molecular weight excluding hydrogens is 346 g/mol. The monoisotopic (exact) mass is 365 g/mol. The molecule has 1 amide bonds. The zero-order valence-electron chi connectivity index (χ0n) is 14.4. The molecule has 1 N–H and O–H groups in total. The van der Waals surface area contributed by atoms with Crippen molar-refractivity contribution in [2.75, 3.05) is 11.6 Å². The smallest absolute Gasteiger partial charge is 0.255 e. The summed E-state index contributed by atoms with van der Waals surface area (Å²) in [6.07, 6.45) is 4.29. The van der Waals surface area contributed by atoms with E-state index in [-0.39, 0.29) is 5.91 Å². The van der Waals surface area contributed by atoms with Gasteiger partial charge in [0.2, 0.25) is 0 Å². The van der Waals surface area contributed by atoms with Crippen molar-refractivity contribution in [2.45, 2.75) is 24.6 Å². The lowest BCUT2D eigenvalue weighted by molar-refractivity contribution is 0.102. The highest BCUT2D eigenvalue weighted by Gasteiger charge is 2.28. The van der Waals surface area contributed by atoms with E-state index in [4.69, 9.17) is 0 Å². The standard InChI is InChI=1S/C19H19N5OS/c1-26-12-13-5-7-14(8-6-13)19(25)20-16-4-2-3-15(11-16)18-21-22-23-24(18)17-9-10-17/h2-8,11,17H,9-10,12H2,1H3,(H,20,25). The number of anilines is 1. The van der Waals surface area contributed by atoms with Gasteiger partial charge in [0.05, 0.1) is 6.04 Å². The third-order valence-electron chi connectivity index (χ3n) is 4.29. The zero-order chi connectivity index (χ0) is 17.9. The second-order valence-corrected chi connectivity index (χ2v) is 7.21. The van der Waals surface area contributed by atoms with Crippen molar-refractivity contribution in [1.82, 2.24) is 20.2 Å². The van der Waals surface area contributed by atoms with Crippen molar-refractivity contribution in [3.8, 4) is 11.4 Å². The fraction of sp³-hybridized carbons (Fsp3) is 0.263. The number of aromatic nitrogens is 4. The summed E-state index contributed by atoms with van der Waals surface area (Å²) in [5.41, 5.74) is 3.48. The molecule has 1 heterocycles. The van der Waals surface area contributed by atoms with Gasteiger partial charge < -0.3 is 5.32 Å². The molecule has 1 saturated carbocycles. The summed E-state index contributed by atoms with van der Waals surface area (Å²) in [6.45, 7) is 0. The van der Waals surface area contributed by atoms with E-state index in [1.165, 1.54) is 5.56 Å². The van der Waals surface area contributed by atoms with Gasteiger partial charge >= 0.3 is 0 Å². The van der Waals surface area contributed by atoms with Crippen molar-refractivity contribution in [3.05, 3.63) is 59.7 Å². The highest BCUT2D eigenvalue weighted by atomic mass is 32.2. The van der Waals surface area contributed by atoms with Gasteiger partial charge in [-0.2, -0.15) is 11.8 Å². The van der Waals surface area contributed by atoms with Gasteiger partial charge in [-0.25, -0.2) is 4.68 Å². The molecule has 1 aromatic heterocycles. The van der Waals surface area contributed by atoms with E-state index >= 15 is 0 Å². The molecule has 1 aliphatic rings. The Bertz CT molecular complexity index is 918. The van der Waals surface area contributed by atoms with E-state index in [0.717, 1.165) is 35.7 Å². The molecule has 0 saturated heterocycles. The molecule has 1 aliphatic carbocycles. The summed E-state index contributed by atoms with van der Waals surface area (Å²) in [5.74, 6) is 1.56. The number of carbonyl (C=O) groups excluding carboxylic acids is 1. The van der Waals surface area contributed by atoms with E-state index < -0.39 is 0 Å². The maximum absolute atomic E-state index is 12.5. The Morgan fingerprint density at radius 2 is 2.04 bits per heavy atom. The normalized spacial score (nSPS) is 13.6. The quantitative estimate of drug-likeness (QED) is 0.719. The number of hydrogen-bond acceptors (Lipinski definition) is 5. The highest BCUT2D eigenvalue weighted by Crippen LogP contribution is 2.36. The number of nitrogens with zero attached hydrogens (tertiary/aromatic N) is 4. The molecule has 2 aromatic carbocycles.